The quantitative estimate of drug-likeness (QED) is 0.0196. The first kappa shape index (κ1) is 66.1. The molecule has 1 rings (SSSR count). The topological polar surface area (TPSA) is 175 Å². The first-order valence-electron chi connectivity index (χ1n) is 28.7. The van der Waals surface area contributed by atoms with E-state index in [1.54, 1.807) is 6.08 Å². The second-order valence-corrected chi connectivity index (χ2v) is 19.6. The van der Waals surface area contributed by atoms with Gasteiger partial charge in [0.05, 0.1) is 32.0 Å². The van der Waals surface area contributed by atoms with Crippen molar-refractivity contribution in [2.24, 2.45) is 0 Å². The Hall–Kier alpha value is -2.90. The highest BCUT2D eigenvalue weighted by molar-refractivity contribution is 5.76. The second-order valence-electron chi connectivity index (χ2n) is 19.6. The molecule has 410 valence electrons. The van der Waals surface area contributed by atoms with Crippen LogP contribution < -0.4 is 5.32 Å². The van der Waals surface area contributed by atoms with Gasteiger partial charge >= 0.3 is 5.97 Å². The standard InChI is InChI=1S/C60H105NO10/c1-3-5-7-9-11-13-14-24-28-32-36-40-44-48-56(65)69-49-45-41-37-33-29-26-23-21-19-17-15-16-18-20-22-25-27-31-35-39-43-47-55(64)61-52(53(63)46-42-38-34-30-12-10-8-6-4-2)51-70-60-59(68)58(67)57(66)54(50-62)71-60/h4,6,12-14,26,29-30,37,41-42,46,52-54,57-60,62-63,66-68H,3,5,7-11,15-25,27-28,31-36,38-40,43-45,47-51H2,1-2H3,(H,61,64)/b6-4+,14-13-,29-26-,30-12+,41-37-,46-42+. The molecular weight excluding hydrogens is 895 g/mol. The van der Waals surface area contributed by atoms with E-state index in [0.29, 0.717) is 25.9 Å². The molecule has 1 amide bonds. The summed E-state index contributed by atoms with van der Waals surface area (Å²) in [5, 5.41) is 54.1. The van der Waals surface area contributed by atoms with Crippen LogP contribution in [0.2, 0.25) is 0 Å². The molecule has 1 aliphatic heterocycles. The molecule has 1 aliphatic rings. The van der Waals surface area contributed by atoms with E-state index in [-0.39, 0.29) is 18.5 Å². The minimum atomic E-state index is -1.58. The van der Waals surface area contributed by atoms with Gasteiger partial charge in [0.15, 0.2) is 6.29 Å². The van der Waals surface area contributed by atoms with Crippen LogP contribution in [0.25, 0.3) is 0 Å². The molecule has 0 aromatic heterocycles. The number of amides is 1. The highest BCUT2D eigenvalue weighted by atomic mass is 16.7. The van der Waals surface area contributed by atoms with Crippen LogP contribution in [-0.4, -0.2) is 100 Å². The largest absolute Gasteiger partial charge is 0.465 e. The molecule has 0 aromatic carbocycles. The molecular formula is C60H105NO10. The van der Waals surface area contributed by atoms with Crippen molar-refractivity contribution in [3.05, 3.63) is 72.9 Å². The third kappa shape index (κ3) is 39.3. The maximum atomic E-state index is 13.0. The Morgan fingerprint density at radius 2 is 1.01 bits per heavy atom. The molecule has 11 nitrogen and oxygen atoms in total. The van der Waals surface area contributed by atoms with Crippen molar-refractivity contribution in [3.63, 3.8) is 0 Å². The highest BCUT2D eigenvalue weighted by Crippen LogP contribution is 2.23. The molecule has 1 fully saturated rings. The number of unbranched alkanes of at least 4 members (excludes halogenated alkanes) is 25. The Balaban J connectivity index is 2.06. The monoisotopic (exact) mass is 1000 g/mol. The summed E-state index contributed by atoms with van der Waals surface area (Å²) < 4.78 is 16.6. The summed E-state index contributed by atoms with van der Waals surface area (Å²) in [7, 11) is 0. The summed E-state index contributed by atoms with van der Waals surface area (Å²) in [6, 6.07) is -0.838. The molecule has 11 heteroatoms. The van der Waals surface area contributed by atoms with Gasteiger partial charge in [-0.15, -0.1) is 0 Å². The fourth-order valence-corrected chi connectivity index (χ4v) is 8.54. The molecule has 1 saturated heterocycles. The Morgan fingerprint density at radius 3 is 1.56 bits per heavy atom. The lowest BCUT2D eigenvalue weighted by Crippen LogP contribution is -2.60. The Morgan fingerprint density at radius 1 is 0.549 bits per heavy atom. The Bertz CT molecular complexity index is 1410. The zero-order chi connectivity index (χ0) is 51.7. The second kappa shape index (κ2) is 49.3. The van der Waals surface area contributed by atoms with Gasteiger partial charge in [-0.3, -0.25) is 9.59 Å². The van der Waals surface area contributed by atoms with E-state index in [9.17, 15) is 35.1 Å². The fraction of sp³-hybridized carbons (Fsp3) is 0.767. The third-order valence-corrected chi connectivity index (χ3v) is 13.1. The van der Waals surface area contributed by atoms with Crippen molar-refractivity contribution in [3.8, 4) is 0 Å². The first-order chi connectivity index (χ1) is 34.7. The predicted molar refractivity (Wildman–Crippen MR) is 292 cm³/mol. The van der Waals surface area contributed by atoms with Crippen molar-refractivity contribution in [2.45, 2.75) is 275 Å². The molecule has 0 saturated carbocycles. The molecule has 0 aromatic rings. The number of allylic oxidation sites excluding steroid dienone is 10. The van der Waals surface area contributed by atoms with Crippen LogP contribution in [-0.2, 0) is 23.8 Å². The Kier molecular flexibility index (Phi) is 45.9. The number of hydrogen-bond acceptors (Lipinski definition) is 10. The SMILES string of the molecule is C/C=C/CC/C=C/CC/C=C/C(O)C(COC1OC(CO)C(O)C(O)C1O)NC(=O)CCCCCCCCCCCCCCCC/C=C\C/C=C\CCOC(=O)CCCCCCC/C=C\CCCCCC. The summed E-state index contributed by atoms with van der Waals surface area (Å²) in [4.78, 5) is 25.0. The summed E-state index contributed by atoms with van der Waals surface area (Å²) in [5.74, 6) is -0.266. The van der Waals surface area contributed by atoms with Crippen molar-refractivity contribution in [1.82, 2.24) is 5.32 Å². The van der Waals surface area contributed by atoms with E-state index in [2.05, 4.69) is 66.9 Å². The minimum Gasteiger partial charge on any atom is -0.465 e. The normalized spacial score (nSPS) is 19.7. The van der Waals surface area contributed by atoms with Gasteiger partial charge in [0, 0.05) is 12.8 Å². The number of hydrogen-bond donors (Lipinski definition) is 6. The molecule has 1 heterocycles. The lowest BCUT2D eigenvalue weighted by Gasteiger charge is -2.40. The number of esters is 1. The van der Waals surface area contributed by atoms with Crippen LogP contribution in [0.1, 0.15) is 232 Å². The van der Waals surface area contributed by atoms with Gasteiger partial charge in [0.25, 0.3) is 0 Å². The smallest absolute Gasteiger partial charge is 0.305 e. The average Bonchev–Trinajstić information content (AvgIpc) is 3.37. The van der Waals surface area contributed by atoms with E-state index in [1.165, 1.54) is 122 Å². The highest BCUT2D eigenvalue weighted by Gasteiger charge is 2.44. The van der Waals surface area contributed by atoms with Crippen LogP contribution in [0.3, 0.4) is 0 Å². The zero-order valence-electron chi connectivity index (χ0n) is 44.9. The first-order valence-corrected chi connectivity index (χ1v) is 28.7. The van der Waals surface area contributed by atoms with E-state index in [0.717, 1.165) is 77.0 Å². The van der Waals surface area contributed by atoms with Crippen molar-refractivity contribution >= 4 is 11.9 Å². The van der Waals surface area contributed by atoms with Gasteiger partial charge in [-0.05, 0) is 96.8 Å². The fourth-order valence-electron chi connectivity index (χ4n) is 8.54. The van der Waals surface area contributed by atoms with E-state index >= 15 is 0 Å². The van der Waals surface area contributed by atoms with Crippen LogP contribution in [0.15, 0.2) is 72.9 Å². The maximum absolute atomic E-state index is 13.0. The molecule has 7 atom stereocenters. The van der Waals surface area contributed by atoms with Crippen molar-refractivity contribution < 1.29 is 49.3 Å². The van der Waals surface area contributed by atoms with E-state index in [1.807, 2.05) is 19.1 Å². The predicted octanol–water partition coefficient (Wildman–Crippen LogP) is 12.8. The molecule has 7 unspecified atom stereocenters. The van der Waals surface area contributed by atoms with Crippen LogP contribution in [0.5, 0.6) is 0 Å². The lowest BCUT2D eigenvalue weighted by atomic mass is 9.99. The number of nitrogens with one attached hydrogen (secondary N) is 1. The molecule has 0 aliphatic carbocycles. The van der Waals surface area contributed by atoms with Gasteiger partial charge in [-0.2, -0.15) is 0 Å². The van der Waals surface area contributed by atoms with Gasteiger partial charge < -0.3 is 45.1 Å². The molecule has 0 spiro atoms. The van der Waals surface area contributed by atoms with Gasteiger partial charge in [-0.25, -0.2) is 0 Å². The number of ether oxygens (including phenoxy) is 3. The number of carbonyl (C=O) groups excluding carboxylic acids is 2. The molecule has 0 radical (unpaired) electrons. The molecule has 71 heavy (non-hydrogen) atoms. The van der Waals surface area contributed by atoms with Crippen molar-refractivity contribution in [1.29, 1.82) is 0 Å². The summed E-state index contributed by atoms with van der Waals surface area (Å²) in [5.41, 5.74) is 0. The molecule has 6 N–H and O–H groups in total. The average molecular weight is 1000 g/mol. The van der Waals surface area contributed by atoms with Gasteiger partial charge in [-0.1, -0.05) is 195 Å². The summed E-state index contributed by atoms with van der Waals surface area (Å²) in [6.45, 7) is 3.94. The lowest BCUT2D eigenvalue weighted by molar-refractivity contribution is -0.302. The number of rotatable bonds is 48. The van der Waals surface area contributed by atoms with Gasteiger partial charge in [0.2, 0.25) is 5.91 Å². The summed E-state index contributed by atoms with van der Waals surface area (Å²) >= 11 is 0. The maximum Gasteiger partial charge on any atom is 0.305 e. The van der Waals surface area contributed by atoms with E-state index < -0.39 is 49.5 Å². The summed E-state index contributed by atoms with van der Waals surface area (Å²) in [6.07, 6.45) is 54.7. The zero-order valence-corrected chi connectivity index (χ0v) is 44.9. The van der Waals surface area contributed by atoms with Crippen molar-refractivity contribution in [2.75, 3.05) is 19.8 Å². The van der Waals surface area contributed by atoms with Crippen LogP contribution in [0, 0.1) is 0 Å². The van der Waals surface area contributed by atoms with E-state index in [4.69, 9.17) is 14.2 Å². The van der Waals surface area contributed by atoms with Gasteiger partial charge in [0.1, 0.15) is 24.4 Å². The van der Waals surface area contributed by atoms with Crippen LogP contribution >= 0.6 is 0 Å². The molecule has 0 bridgehead atoms. The van der Waals surface area contributed by atoms with Crippen LogP contribution in [0.4, 0.5) is 0 Å². The minimum absolute atomic E-state index is 0.0599. The Labute approximate surface area is 432 Å². The number of aliphatic hydroxyl groups is 5. The third-order valence-electron chi connectivity index (χ3n) is 13.1. The number of carbonyl (C=O) groups is 2. The number of aliphatic hydroxyl groups excluding tert-OH is 5.